The average molecular weight is 401 g/mol. The van der Waals surface area contributed by atoms with Crippen molar-refractivity contribution in [2.45, 2.75) is 25.7 Å². The van der Waals surface area contributed by atoms with Crippen molar-refractivity contribution in [3.8, 4) is 0 Å². The van der Waals surface area contributed by atoms with Crippen LogP contribution in [0.4, 0.5) is 17.2 Å². The molecule has 1 saturated heterocycles. The van der Waals surface area contributed by atoms with Gasteiger partial charge >= 0.3 is 0 Å². The SMILES string of the molecule is Cn1nc(Br)c2c(Nc3ccc(N4CCCCCC4)cc3)ncnc21. The summed E-state index contributed by atoms with van der Waals surface area (Å²) in [7, 11) is 1.87. The number of hydrogen-bond donors (Lipinski definition) is 1. The lowest BCUT2D eigenvalue weighted by Crippen LogP contribution is -2.23. The Labute approximate surface area is 155 Å². The lowest BCUT2D eigenvalue weighted by Gasteiger charge is -2.22. The van der Waals surface area contributed by atoms with Gasteiger partial charge < -0.3 is 10.2 Å². The zero-order valence-corrected chi connectivity index (χ0v) is 15.8. The van der Waals surface area contributed by atoms with Crippen LogP contribution in [0.2, 0.25) is 0 Å². The molecule has 3 aromatic rings. The minimum atomic E-state index is 0.745. The van der Waals surface area contributed by atoms with E-state index in [1.54, 1.807) is 11.0 Å². The fourth-order valence-corrected chi connectivity index (χ4v) is 3.96. The Morgan fingerprint density at radius 2 is 1.72 bits per heavy atom. The van der Waals surface area contributed by atoms with Gasteiger partial charge in [-0.3, -0.25) is 0 Å². The van der Waals surface area contributed by atoms with E-state index in [4.69, 9.17) is 0 Å². The quantitative estimate of drug-likeness (QED) is 0.711. The van der Waals surface area contributed by atoms with E-state index in [0.29, 0.717) is 0 Å². The smallest absolute Gasteiger partial charge is 0.164 e. The van der Waals surface area contributed by atoms with Gasteiger partial charge in [-0.05, 0) is 53.0 Å². The number of aryl methyl sites for hydroxylation is 1. The molecule has 25 heavy (non-hydrogen) atoms. The lowest BCUT2D eigenvalue weighted by molar-refractivity contribution is 0.726. The summed E-state index contributed by atoms with van der Waals surface area (Å²) in [4.78, 5) is 11.2. The maximum atomic E-state index is 4.39. The fourth-order valence-electron chi connectivity index (χ4n) is 3.36. The average Bonchev–Trinajstić information content (AvgIpc) is 2.82. The maximum Gasteiger partial charge on any atom is 0.164 e. The first-order valence-corrected chi connectivity index (χ1v) is 9.47. The Hall–Kier alpha value is -2.15. The van der Waals surface area contributed by atoms with E-state index in [1.165, 1.54) is 31.4 Å². The first-order chi connectivity index (χ1) is 12.2. The molecule has 1 aliphatic heterocycles. The number of anilines is 3. The van der Waals surface area contributed by atoms with Crippen LogP contribution in [0.1, 0.15) is 25.7 Å². The highest BCUT2D eigenvalue weighted by Gasteiger charge is 2.14. The molecule has 0 bridgehead atoms. The summed E-state index contributed by atoms with van der Waals surface area (Å²) in [6.07, 6.45) is 6.83. The largest absolute Gasteiger partial charge is 0.372 e. The second kappa shape index (κ2) is 7.00. The Morgan fingerprint density at radius 1 is 1.00 bits per heavy atom. The van der Waals surface area contributed by atoms with Gasteiger partial charge in [0.25, 0.3) is 0 Å². The Bertz CT molecular complexity index is 865. The molecule has 1 fully saturated rings. The molecule has 4 rings (SSSR count). The summed E-state index contributed by atoms with van der Waals surface area (Å²) >= 11 is 3.49. The Balaban J connectivity index is 1.57. The zero-order chi connectivity index (χ0) is 17.2. The zero-order valence-electron chi connectivity index (χ0n) is 14.2. The van der Waals surface area contributed by atoms with E-state index >= 15 is 0 Å². The van der Waals surface area contributed by atoms with Crippen molar-refractivity contribution in [2.75, 3.05) is 23.3 Å². The molecule has 1 N–H and O–H groups in total. The monoisotopic (exact) mass is 400 g/mol. The molecule has 0 aliphatic carbocycles. The minimum absolute atomic E-state index is 0.745. The fraction of sp³-hybridized carbons (Fsp3) is 0.389. The molecule has 6 nitrogen and oxygen atoms in total. The van der Waals surface area contributed by atoms with Crippen LogP contribution in [-0.2, 0) is 7.05 Å². The molecule has 2 aromatic heterocycles. The summed E-state index contributed by atoms with van der Waals surface area (Å²) < 4.78 is 2.49. The molecule has 0 amide bonds. The molecule has 130 valence electrons. The van der Waals surface area contributed by atoms with Crippen molar-refractivity contribution in [1.82, 2.24) is 19.7 Å². The molecule has 1 aliphatic rings. The van der Waals surface area contributed by atoms with E-state index in [9.17, 15) is 0 Å². The van der Waals surface area contributed by atoms with E-state index < -0.39 is 0 Å². The predicted molar refractivity (Wildman–Crippen MR) is 104 cm³/mol. The van der Waals surface area contributed by atoms with Crippen LogP contribution >= 0.6 is 15.9 Å². The number of nitrogens with zero attached hydrogens (tertiary/aromatic N) is 5. The van der Waals surface area contributed by atoms with Crippen molar-refractivity contribution < 1.29 is 0 Å². The lowest BCUT2D eigenvalue weighted by atomic mass is 10.2. The molecule has 3 heterocycles. The van der Waals surface area contributed by atoms with E-state index in [0.717, 1.165) is 40.2 Å². The van der Waals surface area contributed by atoms with Crippen molar-refractivity contribution in [3.63, 3.8) is 0 Å². The first-order valence-electron chi connectivity index (χ1n) is 8.67. The standard InChI is InChI=1S/C18H21BrN6/c1-24-18-15(16(19)23-24)17(20-12-21-18)22-13-6-8-14(9-7-13)25-10-4-2-3-5-11-25/h6-9,12H,2-5,10-11H2,1H3,(H,20,21,22). The third-order valence-corrected chi connectivity index (χ3v) is 5.23. The van der Waals surface area contributed by atoms with Crippen LogP contribution in [0.5, 0.6) is 0 Å². The van der Waals surface area contributed by atoms with Gasteiger partial charge in [0.2, 0.25) is 0 Å². The van der Waals surface area contributed by atoms with Crippen LogP contribution in [0.25, 0.3) is 11.0 Å². The van der Waals surface area contributed by atoms with E-state index in [2.05, 4.69) is 65.5 Å². The normalized spacial score (nSPS) is 15.4. The number of aromatic nitrogens is 4. The maximum absolute atomic E-state index is 4.39. The molecule has 0 unspecified atom stereocenters. The van der Waals surface area contributed by atoms with Gasteiger partial charge in [-0.15, -0.1) is 0 Å². The highest BCUT2D eigenvalue weighted by molar-refractivity contribution is 9.10. The predicted octanol–water partition coefficient (Wildman–Crippen LogP) is 4.25. The van der Waals surface area contributed by atoms with Gasteiger partial charge in [-0.1, -0.05) is 12.8 Å². The number of nitrogens with one attached hydrogen (secondary N) is 1. The topological polar surface area (TPSA) is 58.9 Å². The van der Waals surface area contributed by atoms with Crippen LogP contribution in [0.3, 0.4) is 0 Å². The molecule has 0 spiro atoms. The van der Waals surface area contributed by atoms with Crippen molar-refractivity contribution >= 4 is 44.2 Å². The van der Waals surface area contributed by atoms with Crippen LogP contribution in [-0.4, -0.2) is 32.8 Å². The van der Waals surface area contributed by atoms with Crippen LogP contribution in [0.15, 0.2) is 35.2 Å². The second-order valence-corrected chi connectivity index (χ2v) is 7.16. The molecular formula is C18H21BrN6. The number of fused-ring (bicyclic) bond motifs is 1. The second-order valence-electron chi connectivity index (χ2n) is 6.41. The number of hydrogen-bond acceptors (Lipinski definition) is 5. The third kappa shape index (κ3) is 3.33. The van der Waals surface area contributed by atoms with E-state index in [1.807, 2.05) is 7.05 Å². The van der Waals surface area contributed by atoms with Crippen molar-refractivity contribution in [3.05, 3.63) is 35.2 Å². The van der Waals surface area contributed by atoms with Crippen molar-refractivity contribution in [1.29, 1.82) is 0 Å². The van der Waals surface area contributed by atoms with Gasteiger partial charge in [0, 0.05) is 31.5 Å². The van der Waals surface area contributed by atoms with Crippen molar-refractivity contribution in [2.24, 2.45) is 7.05 Å². The molecule has 1 aromatic carbocycles. The first kappa shape index (κ1) is 16.3. The molecule has 7 heteroatoms. The van der Waals surface area contributed by atoms with E-state index in [-0.39, 0.29) is 0 Å². The number of benzene rings is 1. The minimum Gasteiger partial charge on any atom is -0.372 e. The summed E-state index contributed by atoms with van der Waals surface area (Å²) in [5.41, 5.74) is 3.10. The number of rotatable bonds is 3. The van der Waals surface area contributed by atoms with Crippen LogP contribution in [0, 0.1) is 0 Å². The van der Waals surface area contributed by atoms with Gasteiger partial charge in [0.1, 0.15) is 16.7 Å². The van der Waals surface area contributed by atoms with Gasteiger partial charge in [-0.2, -0.15) is 5.10 Å². The molecular weight excluding hydrogens is 380 g/mol. The Morgan fingerprint density at radius 3 is 2.44 bits per heavy atom. The molecule has 0 atom stereocenters. The van der Waals surface area contributed by atoms with Crippen LogP contribution < -0.4 is 10.2 Å². The van der Waals surface area contributed by atoms with Gasteiger partial charge in [-0.25, -0.2) is 14.6 Å². The molecule has 0 radical (unpaired) electrons. The Kier molecular flexibility index (Phi) is 4.57. The number of halogens is 1. The summed E-state index contributed by atoms with van der Waals surface area (Å²) in [5, 5.41) is 8.64. The highest BCUT2D eigenvalue weighted by atomic mass is 79.9. The highest BCUT2D eigenvalue weighted by Crippen LogP contribution is 2.29. The molecule has 0 saturated carbocycles. The third-order valence-electron chi connectivity index (χ3n) is 4.68. The summed E-state index contributed by atoms with van der Waals surface area (Å²) in [6, 6.07) is 8.59. The summed E-state index contributed by atoms with van der Waals surface area (Å²) in [6.45, 7) is 2.31. The summed E-state index contributed by atoms with van der Waals surface area (Å²) in [5.74, 6) is 0.757. The van der Waals surface area contributed by atoms with Gasteiger partial charge in [0.15, 0.2) is 5.65 Å². The van der Waals surface area contributed by atoms with Gasteiger partial charge in [0.05, 0.1) is 5.39 Å².